The first-order valence-corrected chi connectivity index (χ1v) is 7.39. The lowest BCUT2D eigenvalue weighted by Gasteiger charge is -2.13. The standard InChI is InChI=1S/C17H17F3O3/c1-11(21)14(16(22)23-13-7-3-4-8-13)10-12-6-2-5-9-15(12)17(18,19)20/h2,5-6,9-10,13H,3-4,7-8H2,1H3/b14-10+. The number of benzene rings is 1. The van der Waals surface area contributed by atoms with E-state index in [9.17, 15) is 22.8 Å². The molecule has 1 saturated carbocycles. The van der Waals surface area contributed by atoms with Crippen molar-refractivity contribution >= 4 is 17.8 Å². The van der Waals surface area contributed by atoms with Gasteiger partial charge in [0, 0.05) is 0 Å². The Balaban J connectivity index is 2.32. The van der Waals surface area contributed by atoms with Crippen LogP contribution >= 0.6 is 0 Å². The summed E-state index contributed by atoms with van der Waals surface area (Å²) in [5.41, 5.74) is -1.49. The van der Waals surface area contributed by atoms with E-state index in [1.807, 2.05) is 0 Å². The molecule has 6 heteroatoms. The molecule has 0 aliphatic heterocycles. The van der Waals surface area contributed by atoms with Crippen molar-refractivity contribution in [2.75, 3.05) is 0 Å². The van der Waals surface area contributed by atoms with Gasteiger partial charge in [-0.25, -0.2) is 4.79 Å². The Morgan fingerprint density at radius 3 is 2.35 bits per heavy atom. The molecule has 23 heavy (non-hydrogen) atoms. The van der Waals surface area contributed by atoms with Gasteiger partial charge in [-0.2, -0.15) is 13.2 Å². The maximum atomic E-state index is 13.0. The summed E-state index contributed by atoms with van der Waals surface area (Å²) in [7, 11) is 0. The van der Waals surface area contributed by atoms with Crippen LogP contribution in [0.3, 0.4) is 0 Å². The third kappa shape index (κ3) is 4.43. The fourth-order valence-electron chi connectivity index (χ4n) is 2.56. The Morgan fingerprint density at radius 2 is 1.78 bits per heavy atom. The largest absolute Gasteiger partial charge is 0.459 e. The van der Waals surface area contributed by atoms with Gasteiger partial charge < -0.3 is 4.74 Å². The number of carbonyl (C=O) groups is 2. The van der Waals surface area contributed by atoms with E-state index in [0.717, 1.165) is 44.7 Å². The highest BCUT2D eigenvalue weighted by Crippen LogP contribution is 2.33. The number of halogens is 3. The molecule has 0 atom stereocenters. The van der Waals surface area contributed by atoms with Crippen molar-refractivity contribution in [1.82, 2.24) is 0 Å². The van der Waals surface area contributed by atoms with E-state index in [4.69, 9.17) is 4.74 Å². The van der Waals surface area contributed by atoms with E-state index in [1.165, 1.54) is 18.2 Å². The summed E-state index contributed by atoms with van der Waals surface area (Å²) in [6, 6.07) is 4.80. The SMILES string of the molecule is CC(=O)/C(=C\c1ccccc1C(F)(F)F)C(=O)OC1CCCC1. The van der Waals surface area contributed by atoms with Gasteiger partial charge in [-0.1, -0.05) is 18.2 Å². The molecular formula is C17H17F3O3. The fourth-order valence-corrected chi connectivity index (χ4v) is 2.56. The van der Waals surface area contributed by atoms with Gasteiger partial charge in [-0.05, 0) is 50.3 Å². The number of alkyl halides is 3. The minimum Gasteiger partial charge on any atom is -0.459 e. The maximum Gasteiger partial charge on any atom is 0.416 e. The molecule has 0 spiro atoms. The van der Waals surface area contributed by atoms with E-state index in [-0.39, 0.29) is 17.2 Å². The van der Waals surface area contributed by atoms with Gasteiger partial charge in [0.05, 0.1) is 5.56 Å². The second-order valence-electron chi connectivity index (χ2n) is 5.51. The number of ketones is 1. The first-order chi connectivity index (χ1) is 10.8. The van der Waals surface area contributed by atoms with Crippen molar-refractivity contribution < 1.29 is 27.5 Å². The van der Waals surface area contributed by atoms with Gasteiger partial charge in [0.15, 0.2) is 5.78 Å². The average Bonchev–Trinajstić information content (AvgIpc) is 2.96. The molecule has 1 aromatic carbocycles. The molecule has 0 amide bonds. The zero-order chi connectivity index (χ0) is 17.0. The number of rotatable bonds is 4. The molecule has 124 valence electrons. The molecule has 0 unspecified atom stereocenters. The molecule has 0 radical (unpaired) electrons. The molecule has 0 bridgehead atoms. The van der Waals surface area contributed by atoms with Crippen molar-refractivity contribution in [3.8, 4) is 0 Å². The van der Waals surface area contributed by atoms with Crippen LogP contribution in [-0.2, 0) is 20.5 Å². The number of ether oxygens (including phenoxy) is 1. The molecule has 1 aliphatic carbocycles. The Morgan fingerprint density at radius 1 is 1.17 bits per heavy atom. The third-order valence-electron chi connectivity index (χ3n) is 3.74. The number of hydrogen-bond acceptors (Lipinski definition) is 3. The predicted molar refractivity (Wildman–Crippen MR) is 78.5 cm³/mol. The first kappa shape index (κ1) is 17.2. The Labute approximate surface area is 132 Å². The van der Waals surface area contributed by atoms with Crippen LogP contribution in [0.25, 0.3) is 6.08 Å². The van der Waals surface area contributed by atoms with Crippen molar-refractivity contribution in [1.29, 1.82) is 0 Å². The lowest BCUT2D eigenvalue weighted by Crippen LogP contribution is -2.20. The van der Waals surface area contributed by atoms with Gasteiger partial charge in [0.25, 0.3) is 0 Å². The van der Waals surface area contributed by atoms with Gasteiger partial charge in [-0.3, -0.25) is 4.79 Å². The Kier molecular flexibility index (Phi) is 5.23. The van der Waals surface area contributed by atoms with Crippen LogP contribution in [0.4, 0.5) is 13.2 Å². The van der Waals surface area contributed by atoms with Crippen LogP contribution in [-0.4, -0.2) is 17.9 Å². The molecule has 1 fully saturated rings. The highest BCUT2D eigenvalue weighted by Gasteiger charge is 2.33. The van der Waals surface area contributed by atoms with Crippen molar-refractivity contribution in [3.63, 3.8) is 0 Å². The van der Waals surface area contributed by atoms with E-state index in [0.29, 0.717) is 0 Å². The maximum absolute atomic E-state index is 13.0. The lowest BCUT2D eigenvalue weighted by molar-refractivity contribution is -0.145. The summed E-state index contributed by atoms with van der Waals surface area (Å²) in [5.74, 6) is -1.48. The van der Waals surface area contributed by atoms with Gasteiger partial charge in [0.1, 0.15) is 11.7 Å². The lowest BCUT2D eigenvalue weighted by atomic mass is 10.0. The normalized spacial score (nSPS) is 16.4. The van der Waals surface area contributed by atoms with Crippen LogP contribution in [0.1, 0.15) is 43.7 Å². The van der Waals surface area contributed by atoms with Gasteiger partial charge >= 0.3 is 12.1 Å². The number of esters is 1. The summed E-state index contributed by atoms with van der Waals surface area (Å²) in [5, 5.41) is 0. The predicted octanol–water partition coefficient (Wildman–Crippen LogP) is 4.16. The van der Waals surface area contributed by atoms with Crippen molar-refractivity contribution in [2.45, 2.75) is 44.9 Å². The van der Waals surface area contributed by atoms with Crippen LogP contribution in [0.5, 0.6) is 0 Å². The van der Waals surface area contributed by atoms with Crippen molar-refractivity contribution in [3.05, 3.63) is 41.0 Å². The third-order valence-corrected chi connectivity index (χ3v) is 3.74. The van der Waals surface area contributed by atoms with E-state index in [1.54, 1.807) is 0 Å². The van der Waals surface area contributed by atoms with Gasteiger partial charge in [0.2, 0.25) is 0 Å². The molecule has 1 aromatic rings. The smallest absolute Gasteiger partial charge is 0.416 e. The van der Waals surface area contributed by atoms with Crippen molar-refractivity contribution in [2.24, 2.45) is 0 Å². The van der Waals surface area contributed by atoms with Crippen LogP contribution in [0.2, 0.25) is 0 Å². The van der Waals surface area contributed by atoms with E-state index < -0.39 is 23.5 Å². The van der Waals surface area contributed by atoms with E-state index >= 15 is 0 Å². The quantitative estimate of drug-likeness (QED) is 0.361. The summed E-state index contributed by atoms with van der Waals surface area (Å²) in [6.07, 6.45) is -0.552. The van der Waals surface area contributed by atoms with Crippen LogP contribution < -0.4 is 0 Å². The average molecular weight is 326 g/mol. The summed E-state index contributed by atoms with van der Waals surface area (Å²) in [4.78, 5) is 23.8. The van der Waals surface area contributed by atoms with Crippen LogP contribution in [0.15, 0.2) is 29.8 Å². The highest BCUT2D eigenvalue weighted by atomic mass is 19.4. The van der Waals surface area contributed by atoms with Crippen LogP contribution in [0, 0.1) is 0 Å². The number of hydrogen-bond donors (Lipinski definition) is 0. The number of carbonyl (C=O) groups excluding carboxylic acids is 2. The molecule has 0 N–H and O–H groups in total. The minimum absolute atomic E-state index is 0.228. The topological polar surface area (TPSA) is 43.4 Å². The first-order valence-electron chi connectivity index (χ1n) is 7.39. The molecule has 3 nitrogen and oxygen atoms in total. The monoisotopic (exact) mass is 326 g/mol. The second-order valence-corrected chi connectivity index (χ2v) is 5.51. The molecule has 0 aromatic heterocycles. The summed E-state index contributed by atoms with van der Waals surface area (Å²) < 4.78 is 44.2. The molecule has 1 aliphatic rings. The second kappa shape index (κ2) is 6.98. The molecule has 2 rings (SSSR count). The zero-order valence-electron chi connectivity index (χ0n) is 12.7. The zero-order valence-corrected chi connectivity index (χ0v) is 12.7. The molecule has 0 heterocycles. The fraction of sp³-hybridized carbons (Fsp3) is 0.412. The summed E-state index contributed by atoms with van der Waals surface area (Å²) in [6.45, 7) is 1.14. The highest BCUT2D eigenvalue weighted by molar-refractivity contribution is 6.19. The minimum atomic E-state index is -4.57. The summed E-state index contributed by atoms with van der Waals surface area (Å²) >= 11 is 0. The molecule has 0 saturated heterocycles. The Hall–Kier alpha value is -2.11. The molecular weight excluding hydrogens is 309 g/mol. The number of Topliss-reactive ketones (excluding diaryl/α,β-unsaturated/α-hetero) is 1. The van der Waals surface area contributed by atoms with E-state index in [2.05, 4.69) is 0 Å². The Bertz CT molecular complexity index is 626. The van der Waals surface area contributed by atoms with Gasteiger partial charge in [-0.15, -0.1) is 0 Å².